The van der Waals surface area contributed by atoms with Gasteiger partial charge in [-0.05, 0) is 48.1 Å². The third kappa shape index (κ3) is 3.52. The van der Waals surface area contributed by atoms with Crippen molar-refractivity contribution < 1.29 is 14.3 Å². The Balaban J connectivity index is 1.15. The minimum Gasteiger partial charge on any atom is -0.486 e. The molecule has 1 saturated heterocycles. The maximum Gasteiger partial charge on any atom is 0.222 e. The van der Waals surface area contributed by atoms with Crippen LogP contribution in [-0.4, -0.2) is 50.2 Å². The Hall–Kier alpha value is -2.40. The molecule has 1 aliphatic carbocycles. The Labute approximate surface area is 176 Å². The van der Waals surface area contributed by atoms with Crippen molar-refractivity contribution in [3.05, 3.63) is 52.5 Å². The lowest BCUT2D eigenvalue weighted by atomic mass is 9.75. The van der Waals surface area contributed by atoms with Crippen LogP contribution in [0.2, 0.25) is 5.02 Å². The summed E-state index contributed by atoms with van der Waals surface area (Å²) in [5, 5.41) is 0.860. The number of benzene rings is 2. The first-order valence-corrected chi connectivity index (χ1v) is 10.8. The predicted octanol–water partition coefficient (Wildman–Crippen LogP) is 3.88. The fourth-order valence-electron chi connectivity index (χ4n) is 4.62. The summed E-state index contributed by atoms with van der Waals surface area (Å²) < 4.78 is 11.5. The van der Waals surface area contributed by atoms with E-state index in [2.05, 4.69) is 17.0 Å². The second-order valence-corrected chi connectivity index (χ2v) is 8.32. The van der Waals surface area contributed by atoms with Gasteiger partial charge in [0, 0.05) is 37.6 Å². The van der Waals surface area contributed by atoms with Crippen LogP contribution in [0.4, 0.5) is 5.69 Å². The van der Waals surface area contributed by atoms with E-state index in [1.165, 1.54) is 11.1 Å². The molecule has 0 radical (unpaired) electrons. The van der Waals surface area contributed by atoms with Crippen molar-refractivity contribution in [3.63, 3.8) is 0 Å². The minimum atomic E-state index is 0.259. The molecule has 0 spiro atoms. The van der Waals surface area contributed by atoms with Crippen molar-refractivity contribution in [2.75, 3.05) is 44.3 Å². The molecule has 2 aromatic rings. The third-order valence-corrected chi connectivity index (χ3v) is 6.62. The van der Waals surface area contributed by atoms with Gasteiger partial charge in [-0.15, -0.1) is 0 Å². The fraction of sp³-hybridized carbons (Fsp3) is 0.435. The summed E-state index contributed by atoms with van der Waals surface area (Å²) in [6.07, 6.45) is 2.51. The van der Waals surface area contributed by atoms with Gasteiger partial charge in [0.25, 0.3) is 0 Å². The monoisotopic (exact) mass is 412 g/mol. The number of amides is 1. The van der Waals surface area contributed by atoms with E-state index in [4.69, 9.17) is 21.1 Å². The lowest BCUT2D eigenvalue weighted by Gasteiger charge is -2.38. The summed E-state index contributed by atoms with van der Waals surface area (Å²) >= 11 is 6.23. The van der Waals surface area contributed by atoms with Crippen molar-refractivity contribution in [1.29, 1.82) is 0 Å². The van der Waals surface area contributed by atoms with Gasteiger partial charge in [0.05, 0.1) is 5.69 Å². The van der Waals surface area contributed by atoms with E-state index < -0.39 is 0 Å². The van der Waals surface area contributed by atoms with Crippen LogP contribution >= 0.6 is 11.6 Å². The number of ether oxygens (including phenoxy) is 2. The smallest absolute Gasteiger partial charge is 0.222 e. The molecule has 1 atom stereocenters. The zero-order valence-electron chi connectivity index (χ0n) is 16.4. The van der Waals surface area contributed by atoms with Crippen LogP contribution in [0.1, 0.15) is 29.9 Å². The van der Waals surface area contributed by atoms with Crippen LogP contribution < -0.4 is 14.4 Å². The maximum absolute atomic E-state index is 12.7. The van der Waals surface area contributed by atoms with Crippen molar-refractivity contribution in [2.45, 2.75) is 25.2 Å². The molecule has 2 aromatic carbocycles. The van der Waals surface area contributed by atoms with Crippen molar-refractivity contribution in [2.24, 2.45) is 0 Å². The summed E-state index contributed by atoms with van der Waals surface area (Å²) in [5.74, 6) is 2.38. The molecule has 5 rings (SSSR count). The fourth-order valence-corrected chi connectivity index (χ4v) is 4.87. The van der Waals surface area contributed by atoms with E-state index in [9.17, 15) is 4.79 Å². The molecule has 5 nitrogen and oxygen atoms in total. The first-order valence-electron chi connectivity index (χ1n) is 10.4. The average molecular weight is 413 g/mol. The number of hydrogen-bond acceptors (Lipinski definition) is 4. The molecule has 1 fully saturated rings. The Morgan fingerprint density at radius 2 is 1.83 bits per heavy atom. The summed E-state index contributed by atoms with van der Waals surface area (Å²) in [6.45, 7) is 4.29. The molecule has 2 aliphatic heterocycles. The lowest BCUT2D eigenvalue weighted by Crippen LogP contribution is -2.49. The Morgan fingerprint density at radius 3 is 2.69 bits per heavy atom. The summed E-state index contributed by atoms with van der Waals surface area (Å²) in [7, 11) is 0. The van der Waals surface area contributed by atoms with Crippen LogP contribution in [0.15, 0.2) is 36.4 Å². The van der Waals surface area contributed by atoms with Crippen LogP contribution in [0, 0.1) is 0 Å². The van der Waals surface area contributed by atoms with E-state index in [1.807, 2.05) is 29.2 Å². The molecule has 0 bridgehead atoms. The predicted molar refractivity (Wildman–Crippen MR) is 113 cm³/mol. The second kappa shape index (κ2) is 7.79. The summed E-state index contributed by atoms with van der Waals surface area (Å²) in [5.41, 5.74) is 3.65. The van der Waals surface area contributed by atoms with Crippen molar-refractivity contribution >= 4 is 23.2 Å². The standard InChI is InChI=1S/C23H25ClN2O3/c24-19-4-1-3-17-16(15-18(17)19)7-8-22(27)26-11-9-25(10-12-26)20-5-2-6-21-23(20)29-14-13-28-21/h1-6,16H,7-15H2. The van der Waals surface area contributed by atoms with E-state index >= 15 is 0 Å². The quantitative estimate of drug-likeness (QED) is 0.764. The number of halogens is 1. The molecule has 2 heterocycles. The molecule has 1 amide bonds. The van der Waals surface area contributed by atoms with Crippen LogP contribution in [0.5, 0.6) is 11.5 Å². The molecule has 0 saturated carbocycles. The van der Waals surface area contributed by atoms with Gasteiger partial charge in [-0.2, -0.15) is 0 Å². The number of rotatable bonds is 4. The van der Waals surface area contributed by atoms with Crippen molar-refractivity contribution in [3.8, 4) is 11.5 Å². The van der Waals surface area contributed by atoms with Gasteiger partial charge < -0.3 is 19.3 Å². The first-order chi connectivity index (χ1) is 14.2. The Kier molecular flexibility index (Phi) is 5.00. The highest BCUT2D eigenvalue weighted by Gasteiger charge is 2.30. The average Bonchev–Trinajstić information content (AvgIpc) is 2.75. The lowest BCUT2D eigenvalue weighted by molar-refractivity contribution is -0.131. The molecule has 29 heavy (non-hydrogen) atoms. The van der Waals surface area contributed by atoms with Crippen LogP contribution in [-0.2, 0) is 11.2 Å². The minimum absolute atomic E-state index is 0.259. The topological polar surface area (TPSA) is 42.0 Å². The molecular formula is C23H25ClN2O3. The Bertz CT molecular complexity index is 924. The molecule has 1 unspecified atom stereocenters. The molecular weight excluding hydrogens is 388 g/mol. The number of anilines is 1. The molecule has 6 heteroatoms. The normalized spacial score (nSPS) is 20.1. The number of hydrogen-bond donors (Lipinski definition) is 0. The Morgan fingerprint density at radius 1 is 1.03 bits per heavy atom. The van der Waals surface area contributed by atoms with Crippen LogP contribution in [0.3, 0.4) is 0 Å². The largest absolute Gasteiger partial charge is 0.486 e. The zero-order chi connectivity index (χ0) is 19.8. The number of fused-ring (bicyclic) bond motifs is 2. The SMILES string of the molecule is O=C(CCC1Cc2c(Cl)cccc21)N1CCN(c2cccc3c2OCCO3)CC1. The first kappa shape index (κ1) is 18.6. The van der Waals surface area contributed by atoms with E-state index in [-0.39, 0.29) is 5.91 Å². The summed E-state index contributed by atoms with van der Waals surface area (Å²) in [4.78, 5) is 17.0. The highest BCUT2D eigenvalue weighted by atomic mass is 35.5. The number of nitrogens with zero attached hydrogens (tertiary/aromatic N) is 2. The number of carbonyl (C=O) groups excluding carboxylic acids is 1. The van der Waals surface area contributed by atoms with Gasteiger partial charge in [-0.25, -0.2) is 0 Å². The van der Waals surface area contributed by atoms with Gasteiger partial charge >= 0.3 is 0 Å². The highest BCUT2D eigenvalue weighted by molar-refractivity contribution is 6.31. The number of piperazine rings is 1. The van der Waals surface area contributed by atoms with E-state index in [1.54, 1.807) is 0 Å². The molecule has 152 valence electrons. The molecule has 0 aromatic heterocycles. The van der Waals surface area contributed by atoms with Gasteiger partial charge in [0.15, 0.2) is 11.5 Å². The number of para-hydroxylation sites is 1. The van der Waals surface area contributed by atoms with Crippen LogP contribution in [0.25, 0.3) is 0 Å². The van der Waals surface area contributed by atoms with Gasteiger partial charge in [-0.3, -0.25) is 4.79 Å². The molecule has 3 aliphatic rings. The second-order valence-electron chi connectivity index (χ2n) is 7.92. The summed E-state index contributed by atoms with van der Waals surface area (Å²) in [6, 6.07) is 12.1. The zero-order valence-corrected chi connectivity index (χ0v) is 17.2. The third-order valence-electron chi connectivity index (χ3n) is 6.27. The maximum atomic E-state index is 12.7. The van der Waals surface area contributed by atoms with Gasteiger partial charge in [-0.1, -0.05) is 29.8 Å². The van der Waals surface area contributed by atoms with Crippen molar-refractivity contribution in [1.82, 2.24) is 4.90 Å². The van der Waals surface area contributed by atoms with Gasteiger partial charge in [0.2, 0.25) is 5.91 Å². The highest BCUT2D eigenvalue weighted by Crippen LogP contribution is 2.42. The molecule has 0 N–H and O–H groups in total. The van der Waals surface area contributed by atoms with E-state index in [0.29, 0.717) is 25.6 Å². The van der Waals surface area contributed by atoms with Gasteiger partial charge in [0.1, 0.15) is 13.2 Å². The van der Waals surface area contributed by atoms with E-state index in [0.717, 1.165) is 61.2 Å². The number of carbonyl (C=O) groups is 1.